The van der Waals surface area contributed by atoms with Crippen LogP contribution in [0.2, 0.25) is 0 Å². The Morgan fingerprint density at radius 3 is 2.10 bits per heavy atom. The second-order valence-corrected chi connectivity index (χ2v) is 9.50. The number of nitrogens with zero attached hydrogens (tertiary/aromatic N) is 2. The normalized spacial score (nSPS) is 22.5. The van der Waals surface area contributed by atoms with Crippen LogP contribution in [0.4, 0.5) is 0 Å². The van der Waals surface area contributed by atoms with E-state index in [0.29, 0.717) is 5.57 Å². The Labute approximate surface area is 181 Å². The van der Waals surface area contributed by atoms with E-state index < -0.39 is 6.04 Å². The highest BCUT2D eigenvalue weighted by molar-refractivity contribution is 5.94. The maximum Gasteiger partial charge on any atom is 0.249 e. The minimum atomic E-state index is -0.603. The van der Waals surface area contributed by atoms with Crippen LogP contribution in [-0.2, 0) is 14.4 Å². The molecule has 3 amide bonds. The zero-order chi connectivity index (χ0) is 22.4. The van der Waals surface area contributed by atoms with Gasteiger partial charge in [-0.05, 0) is 51.6 Å². The first kappa shape index (κ1) is 24.4. The van der Waals surface area contributed by atoms with E-state index in [1.807, 2.05) is 52.6 Å². The average molecular weight is 421 g/mol. The standard InChI is InChI=1S/C23H40N4O3/c1-15(2)18(14-17(5)23(30)27-12-9-13-27)24-22(29)20(16(3)4)25-21(28)19-10-7-8-11-26(19)6/h14-16,18-20H,7-13H2,1-6H3,(H,24,29)(H,25,28)/b17-14+. The summed E-state index contributed by atoms with van der Waals surface area (Å²) in [5.41, 5.74) is 0.655. The molecule has 7 nitrogen and oxygen atoms in total. The topological polar surface area (TPSA) is 81.8 Å². The lowest BCUT2D eigenvalue weighted by molar-refractivity contribution is -0.133. The van der Waals surface area contributed by atoms with E-state index >= 15 is 0 Å². The fourth-order valence-electron chi connectivity index (χ4n) is 3.95. The van der Waals surface area contributed by atoms with Crippen LogP contribution in [0, 0.1) is 11.8 Å². The number of hydrogen-bond donors (Lipinski definition) is 2. The zero-order valence-electron chi connectivity index (χ0n) is 19.5. The van der Waals surface area contributed by atoms with Gasteiger partial charge in [-0.2, -0.15) is 0 Å². The van der Waals surface area contributed by atoms with Crippen LogP contribution in [0.5, 0.6) is 0 Å². The van der Waals surface area contributed by atoms with E-state index in [1.165, 1.54) is 0 Å². The van der Waals surface area contributed by atoms with Crippen molar-refractivity contribution < 1.29 is 14.4 Å². The molecule has 7 heteroatoms. The quantitative estimate of drug-likeness (QED) is 0.588. The lowest BCUT2D eigenvalue weighted by atomic mass is 9.97. The first-order valence-electron chi connectivity index (χ1n) is 11.4. The fraction of sp³-hybridized carbons (Fsp3) is 0.783. The number of carbonyl (C=O) groups is 3. The van der Waals surface area contributed by atoms with E-state index in [0.717, 1.165) is 45.3 Å². The largest absolute Gasteiger partial charge is 0.348 e. The van der Waals surface area contributed by atoms with Gasteiger partial charge in [-0.15, -0.1) is 0 Å². The van der Waals surface area contributed by atoms with Crippen LogP contribution in [0.15, 0.2) is 11.6 Å². The first-order valence-corrected chi connectivity index (χ1v) is 11.4. The number of likely N-dealkylation sites (N-methyl/N-ethyl adjacent to an activating group) is 1. The molecule has 2 fully saturated rings. The van der Waals surface area contributed by atoms with E-state index in [2.05, 4.69) is 15.5 Å². The summed E-state index contributed by atoms with van der Waals surface area (Å²) < 4.78 is 0. The molecule has 0 aromatic heterocycles. The van der Waals surface area contributed by atoms with Gasteiger partial charge in [-0.1, -0.05) is 40.2 Å². The Bertz CT molecular complexity index is 655. The highest BCUT2D eigenvalue weighted by atomic mass is 16.2. The number of nitrogens with one attached hydrogen (secondary N) is 2. The number of carbonyl (C=O) groups excluding carboxylic acids is 3. The number of amides is 3. The first-order chi connectivity index (χ1) is 14.1. The van der Waals surface area contributed by atoms with Crippen LogP contribution >= 0.6 is 0 Å². The Kier molecular flexibility index (Phi) is 8.89. The summed E-state index contributed by atoms with van der Waals surface area (Å²) in [4.78, 5) is 42.3. The molecule has 0 aromatic rings. The molecule has 0 saturated carbocycles. The molecular formula is C23H40N4O3. The summed E-state index contributed by atoms with van der Waals surface area (Å²) in [6.45, 7) is 12.2. The summed E-state index contributed by atoms with van der Waals surface area (Å²) in [6.07, 6.45) is 5.87. The van der Waals surface area contributed by atoms with Gasteiger partial charge in [0, 0.05) is 18.7 Å². The van der Waals surface area contributed by atoms with Crippen LogP contribution in [-0.4, -0.2) is 72.3 Å². The van der Waals surface area contributed by atoms with Gasteiger partial charge in [0.05, 0.1) is 12.1 Å². The lowest BCUT2D eigenvalue weighted by Crippen LogP contribution is -2.57. The summed E-state index contributed by atoms with van der Waals surface area (Å²) in [5.74, 6) is -0.150. The van der Waals surface area contributed by atoms with Crippen molar-refractivity contribution in [2.24, 2.45) is 11.8 Å². The Morgan fingerprint density at radius 2 is 1.60 bits per heavy atom. The number of hydrogen-bond acceptors (Lipinski definition) is 4. The third kappa shape index (κ3) is 6.30. The van der Waals surface area contributed by atoms with Crippen LogP contribution in [0.3, 0.4) is 0 Å². The van der Waals surface area contributed by atoms with Crippen molar-refractivity contribution in [2.75, 3.05) is 26.7 Å². The second-order valence-electron chi connectivity index (χ2n) is 9.50. The maximum absolute atomic E-state index is 13.1. The lowest BCUT2D eigenvalue weighted by Gasteiger charge is -2.33. The van der Waals surface area contributed by atoms with E-state index in [9.17, 15) is 14.4 Å². The van der Waals surface area contributed by atoms with Crippen molar-refractivity contribution in [3.63, 3.8) is 0 Å². The highest BCUT2D eigenvalue weighted by Gasteiger charge is 2.32. The van der Waals surface area contributed by atoms with Crippen molar-refractivity contribution in [1.82, 2.24) is 20.4 Å². The molecule has 30 heavy (non-hydrogen) atoms. The Balaban J connectivity index is 2.05. The van der Waals surface area contributed by atoms with E-state index in [1.54, 1.807) is 0 Å². The van der Waals surface area contributed by atoms with Gasteiger partial charge < -0.3 is 15.5 Å². The molecule has 2 aliphatic rings. The van der Waals surface area contributed by atoms with Gasteiger partial charge in [0.2, 0.25) is 17.7 Å². The minimum absolute atomic E-state index is 0.0372. The molecular weight excluding hydrogens is 380 g/mol. The molecule has 0 radical (unpaired) electrons. The summed E-state index contributed by atoms with van der Waals surface area (Å²) >= 11 is 0. The van der Waals surface area contributed by atoms with Gasteiger partial charge in [-0.3, -0.25) is 19.3 Å². The SMILES string of the molecule is C/C(=C\C(NC(=O)C(NC(=O)C1CCCCN1C)C(C)C)C(C)C)C(=O)N1CCC1. The smallest absolute Gasteiger partial charge is 0.249 e. The van der Waals surface area contributed by atoms with Crippen molar-refractivity contribution in [1.29, 1.82) is 0 Å². The fourth-order valence-corrected chi connectivity index (χ4v) is 3.95. The van der Waals surface area contributed by atoms with E-state index in [-0.39, 0.29) is 41.6 Å². The van der Waals surface area contributed by atoms with Crippen molar-refractivity contribution >= 4 is 17.7 Å². The molecule has 3 unspecified atom stereocenters. The maximum atomic E-state index is 13.1. The van der Waals surface area contributed by atoms with Gasteiger partial charge in [0.1, 0.15) is 6.04 Å². The monoisotopic (exact) mass is 420 g/mol. The van der Waals surface area contributed by atoms with Crippen LogP contribution in [0.1, 0.15) is 60.3 Å². The number of rotatable bonds is 8. The van der Waals surface area contributed by atoms with Crippen molar-refractivity contribution in [3.8, 4) is 0 Å². The summed E-state index contributed by atoms with van der Waals surface area (Å²) in [5, 5.41) is 6.05. The predicted molar refractivity (Wildman–Crippen MR) is 119 cm³/mol. The molecule has 0 bridgehead atoms. The van der Waals surface area contributed by atoms with E-state index in [4.69, 9.17) is 0 Å². The molecule has 0 spiro atoms. The molecule has 170 valence electrons. The van der Waals surface area contributed by atoms with Crippen molar-refractivity contribution in [2.45, 2.75) is 78.4 Å². The van der Waals surface area contributed by atoms with Crippen LogP contribution in [0.25, 0.3) is 0 Å². The molecule has 2 heterocycles. The van der Waals surface area contributed by atoms with Gasteiger partial charge in [0.25, 0.3) is 0 Å². The predicted octanol–water partition coefficient (Wildman–Crippen LogP) is 1.93. The zero-order valence-corrected chi connectivity index (χ0v) is 19.5. The molecule has 3 atom stereocenters. The minimum Gasteiger partial charge on any atom is -0.348 e. The molecule has 2 N–H and O–H groups in total. The molecule has 0 aliphatic carbocycles. The van der Waals surface area contributed by atoms with Crippen LogP contribution < -0.4 is 10.6 Å². The average Bonchev–Trinajstić information content (AvgIpc) is 2.63. The van der Waals surface area contributed by atoms with Gasteiger partial charge in [-0.25, -0.2) is 0 Å². The summed E-state index contributed by atoms with van der Waals surface area (Å²) in [7, 11) is 1.96. The Morgan fingerprint density at radius 1 is 0.933 bits per heavy atom. The van der Waals surface area contributed by atoms with Gasteiger partial charge >= 0.3 is 0 Å². The Hall–Kier alpha value is -1.89. The molecule has 2 aliphatic heterocycles. The summed E-state index contributed by atoms with van der Waals surface area (Å²) in [6, 6.07) is -1.04. The highest BCUT2D eigenvalue weighted by Crippen LogP contribution is 2.17. The van der Waals surface area contributed by atoms with Gasteiger partial charge in [0.15, 0.2) is 0 Å². The third-order valence-corrected chi connectivity index (χ3v) is 6.26. The number of likely N-dealkylation sites (tertiary alicyclic amines) is 2. The second kappa shape index (κ2) is 10.9. The van der Waals surface area contributed by atoms with Crippen molar-refractivity contribution in [3.05, 3.63) is 11.6 Å². The molecule has 0 aromatic carbocycles. The third-order valence-electron chi connectivity index (χ3n) is 6.26. The number of piperidine rings is 1. The molecule has 2 saturated heterocycles. The molecule has 2 rings (SSSR count).